The van der Waals surface area contributed by atoms with Crippen LogP contribution in [0.2, 0.25) is 0 Å². The predicted molar refractivity (Wildman–Crippen MR) is 60.7 cm³/mol. The van der Waals surface area contributed by atoms with E-state index in [0.29, 0.717) is 10.6 Å². The number of hydrogen-bond acceptors (Lipinski definition) is 1. The fourth-order valence-corrected chi connectivity index (χ4v) is 1.58. The minimum atomic E-state index is -0.451. The average Bonchev–Trinajstić information content (AvgIpc) is 2.19. The average molecular weight is 229 g/mol. The van der Waals surface area contributed by atoms with E-state index in [2.05, 4.69) is 0 Å². The minimum Gasteiger partial charge on any atom is -0.393 e. The molecule has 1 rings (SSSR count). The van der Waals surface area contributed by atoms with Crippen LogP contribution in [-0.4, -0.2) is 4.99 Å². The van der Waals surface area contributed by atoms with E-state index in [-0.39, 0.29) is 11.8 Å². The Kier molecular flexibility index (Phi) is 3.74. The van der Waals surface area contributed by atoms with Crippen LogP contribution in [0.25, 0.3) is 0 Å². The lowest BCUT2D eigenvalue weighted by molar-refractivity contribution is 0.540. The van der Waals surface area contributed by atoms with Gasteiger partial charge in [-0.05, 0) is 29.7 Å². The smallest absolute Gasteiger partial charge is 0.126 e. The van der Waals surface area contributed by atoms with Gasteiger partial charge < -0.3 is 5.73 Å². The fraction of sp³-hybridized carbons (Fsp3) is 0.364. The summed E-state index contributed by atoms with van der Waals surface area (Å²) >= 11 is 4.83. The Hall–Kier alpha value is -1.03. The molecule has 0 saturated carbocycles. The van der Waals surface area contributed by atoms with Crippen LogP contribution < -0.4 is 5.73 Å². The topological polar surface area (TPSA) is 26.0 Å². The van der Waals surface area contributed by atoms with Crippen molar-refractivity contribution in [2.75, 3.05) is 0 Å². The molecule has 0 aromatic heterocycles. The van der Waals surface area contributed by atoms with Crippen LogP contribution in [0, 0.1) is 17.6 Å². The van der Waals surface area contributed by atoms with Gasteiger partial charge in [0, 0.05) is 5.92 Å². The van der Waals surface area contributed by atoms with Gasteiger partial charge in [0.25, 0.3) is 0 Å². The summed E-state index contributed by atoms with van der Waals surface area (Å²) in [6.07, 6.45) is 0. The summed E-state index contributed by atoms with van der Waals surface area (Å²) in [5, 5.41) is 0. The largest absolute Gasteiger partial charge is 0.393 e. The molecule has 0 heterocycles. The van der Waals surface area contributed by atoms with Gasteiger partial charge in [0.2, 0.25) is 0 Å². The standard InChI is InChI=1S/C11H13F2NS/c1-6(7(2)11(14)15)9-5-8(12)3-4-10(9)13/h3-7H,1-2H3,(H2,14,15). The Bertz CT molecular complexity index is 379. The molecule has 2 unspecified atom stereocenters. The highest BCUT2D eigenvalue weighted by Crippen LogP contribution is 2.27. The number of rotatable bonds is 3. The van der Waals surface area contributed by atoms with E-state index in [1.807, 2.05) is 0 Å². The predicted octanol–water partition coefficient (Wildman–Crippen LogP) is 2.99. The van der Waals surface area contributed by atoms with Gasteiger partial charge in [-0.2, -0.15) is 0 Å². The second kappa shape index (κ2) is 4.66. The number of thiocarbonyl (C=S) groups is 1. The van der Waals surface area contributed by atoms with Crippen molar-refractivity contribution >= 4 is 17.2 Å². The molecule has 0 aliphatic heterocycles. The zero-order chi connectivity index (χ0) is 11.6. The summed E-state index contributed by atoms with van der Waals surface area (Å²) in [6, 6.07) is 3.40. The third kappa shape index (κ3) is 2.72. The molecule has 0 saturated heterocycles. The molecule has 0 radical (unpaired) electrons. The van der Waals surface area contributed by atoms with E-state index in [9.17, 15) is 8.78 Å². The zero-order valence-corrected chi connectivity index (χ0v) is 9.44. The third-order valence-corrected chi connectivity index (χ3v) is 3.02. The number of nitrogens with two attached hydrogens (primary N) is 1. The third-order valence-electron chi connectivity index (χ3n) is 2.65. The van der Waals surface area contributed by atoms with E-state index < -0.39 is 11.6 Å². The van der Waals surface area contributed by atoms with E-state index >= 15 is 0 Å². The van der Waals surface area contributed by atoms with Crippen molar-refractivity contribution in [3.05, 3.63) is 35.4 Å². The quantitative estimate of drug-likeness (QED) is 0.806. The second-order valence-electron chi connectivity index (χ2n) is 3.65. The highest BCUT2D eigenvalue weighted by Gasteiger charge is 2.20. The van der Waals surface area contributed by atoms with Crippen LogP contribution in [-0.2, 0) is 0 Å². The second-order valence-corrected chi connectivity index (χ2v) is 4.12. The van der Waals surface area contributed by atoms with Crippen LogP contribution in [0.4, 0.5) is 8.78 Å². The molecule has 1 nitrogen and oxygen atoms in total. The van der Waals surface area contributed by atoms with Crippen LogP contribution in [0.15, 0.2) is 18.2 Å². The van der Waals surface area contributed by atoms with Gasteiger partial charge in [-0.25, -0.2) is 8.78 Å². The van der Waals surface area contributed by atoms with Gasteiger partial charge in [-0.1, -0.05) is 26.1 Å². The first kappa shape index (κ1) is 12.0. The molecular weight excluding hydrogens is 216 g/mol. The lowest BCUT2D eigenvalue weighted by atomic mass is 9.88. The lowest BCUT2D eigenvalue weighted by Crippen LogP contribution is -2.23. The van der Waals surface area contributed by atoms with Crippen molar-refractivity contribution < 1.29 is 8.78 Å². The molecule has 15 heavy (non-hydrogen) atoms. The summed E-state index contributed by atoms with van der Waals surface area (Å²) < 4.78 is 26.3. The normalized spacial score (nSPS) is 14.7. The maximum absolute atomic E-state index is 13.4. The van der Waals surface area contributed by atoms with E-state index in [1.54, 1.807) is 13.8 Å². The molecule has 0 spiro atoms. The summed E-state index contributed by atoms with van der Waals surface area (Å²) in [4.78, 5) is 0.311. The van der Waals surface area contributed by atoms with Crippen molar-refractivity contribution in [1.82, 2.24) is 0 Å². The molecule has 82 valence electrons. The fourth-order valence-electron chi connectivity index (χ4n) is 1.38. The van der Waals surface area contributed by atoms with Crippen molar-refractivity contribution in [3.63, 3.8) is 0 Å². The molecule has 0 bridgehead atoms. The van der Waals surface area contributed by atoms with Crippen LogP contribution in [0.5, 0.6) is 0 Å². The Balaban J connectivity index is 3.04. The van der Waals surface area contributed by atoms with Gasteiger partial charge in [0.1, 0.15) is 11.6 Å². The molecule has 2 atom stereocenters. The van der Waals surface area contributed by atoms with E-state index in [4.69, 9.17) is 18.0 Å². The summed E-state index contributed by atoms with van der Waals surface area (Å²) in [5.41, 5.74) is 5.79. The molecule has 2 N–H and O–H groups in total. The number of benzene rings is 1. The Morgan fingerprint density at radius 2 is 1.93 bits per heavy atom. The molecule has 1 aromatic carbocycles. The first-order valence-corrected chi connectivity index (χ1v) is 5.08. The molecular formula is C11H13F2NS. The highest BCUT2D eigenvalue weighted by molar-refractivity contribution is 7.80. The van der Waals surface area contributed by atoms with Gasteiger partial charge in [0.05, 0.1) is 4.99 Å². The van der Waals surface area contributed by atoms with E-state index in [0.717, 1.165) is 12.1 Å². The van der Waals surface area contributed by atoms with Gasteiger partial charge >= 0.3 is 0 Å². The Labute approximate surface area is 93.3 Å². The first-order valence-electron chi connectivity index (χ1n) is 4.67. The minimum absolute atomic E-state index is 0.156. The highest BCUT2D eigenvalue weighted by atomic mass is 32.1. The number of halogens is 2. The van der Waals surface area contributed by atoms with Crippen LogP contribution in [0.1, 0.15) is 25.3 Å². The Morgan fingerprint density at radius 3 is 2.47 bits per heavy atom. The SMILES string of the molecule is CC(C(N)=S)C(C)c1cc(F)ccc1F. The van der Waals surface area contributed by atoms with Crippen molar-refractivity contribution in [2.45, 2.75) is 19.8 Å². The zero-order valence-electron chi connectivity index (χ0n) is 8.63. The number of hydrogen-bond donors (Lipinski definition) is 1. The molecule has 1 aromatic rings. The summed E-state index contributed by atoms with van der Waals surface area (Å²) in [6.45, 7) is 3.58. The van der Waals surface area contributed by atoms with Crippen molar-refractivity contribution in [3.8, 4) is 0 Å². The van der Waals surface area contributed by atoms with Crippen molar-refractivity contribution in [1.29, 1.82) is 0 Å². The summed E-state index contributed by atoms with van der Waals surface area (Å²) in [5.74, 6) is -1.25. The monoisotopic (exact) mass is 229 g/mol. The van der Waals surface area contributed by atoms with Gasteiger partial charge in [0.15, 0.2) is 0 Å². The molecule has 0 amide bonds. The van der Waals surface area contributed by atoms with Gasteiger partial charge in [-0.3, -0.25) is 0 Å². The molecule has 0 fully saturated rings. The maximum atomic E-state index is 13.4. The van der Waals surface area contributed by atoms with Gasteiger partial charge in [-0.15, -0.1) is 0 Å². The molecule has 0 aliphatic carbocycles. The first-order chi connectivity index (χ1) is 6.93. The van der Waals surface area contributed by atoms with Crippen LogP contribution >= 0.6 is 12.2 Å². The maximum Gasteiger partial charge on any atom is 0.126 e. The van der Waals surface area contributed by atoms with E-state index in [1.165, 1.54) is 6.07 Å². The molecule has 0 aliphatic rings. The lowest BCUT2D eigenvalue weighted by Gasteiger charge is -2.19. The van der Waals surface area contributed by atoms with Crippen LogP contribution in [0.3, 0.4) is 0 Å². The molecule has 4 heteroatoms. The summed E-state index contributed by atoms with van der Waals surface area (Å²) in [7, 11) is 0. The van der Waals surface area contributed by atoms with Crippen molar-refractivity contribution in [2.24, 2.45) is 11.7 Å². The Morgan fingerprint density at radius 1 is 1.33 bits per heavy atom.